The topological polar surface area (TPSA) is 55.8 Å². The van der Waals surface area contributed by atoms with Crippen LogP contribution in [-0.2, 0) is 20.9 Å². The zero-order valence-electron chi connectivity index (χ0n) is 14.5. The summed E-state index contributed by atoms with van der Waals surface area (Å²) in [6.45, 7) is 1.25. The SMILES string of the molecule is O=C(OC1=CCCCC1)C1CCCN(C(=O)OCc2ccccc2)C1. The van der Waals surface area contributed by atoms with Crippen LogP contribution in [0.1, 0.15) is 44.1 Å². The van der Waals surface area contributed by atoms with Crippen molar-refractivity contribution in [1.82, 2.24) is 4.90 Å². The quantitative estimate of drug-likeness (QED) is 0.774. The molecule has 1 saturated heterocycles. The van der Waals surface area contributed by atoms with Crippen molar-refractivity contribution < 1.29 is 19.1 Å². The molecule has 0 bridgehead atoms. The smallest absolute Gasteiger partial charge is 0.410 e. The van der Waals surface area contributed by atoms with Gasteiger partial charge in [-0.25, -0.2) is 4.79 Å². The van der Waals surface area contributed by atoms with Crippen LogP contribution >= 0.6 is 0 Å². The largest absolute Gasteiger partial charge is 0.445 e. The summed E-state index contributed by atoms with van der Waals surface area (Å²) >= 11 is 0. The second-order valence-electron chi connectivity index (χ2n) is 6.66. The maximum atomic E-state index is 12.4. The van der Waals surface area contributed by atoms with Gasteiger partial charge in [-0.15, -0.1) is 0 Å². The number of allylic oxidation sites excluding steroid dienone is 2. The number of nitrogens with zero attached hydrogens (tertiary/aromatic N) is 1. The van der Waals surface area contributed by atoms with Gasteiger partial charge in [0, 0.05) is 19.5 Å². The van der Waals surface area contributed by atoms with E-state index >= 15 is 0 Å². The number of hydrogen-bond acceptors (Lipinski definition) is 4. The van der Waals surface area contributed by atoms with E-state index in [-0.39, 0.29) is 24.6 Å². The second-order valence-corrected chi connectivity index (χ2v) is 6.66. The maximum Gasteiger partial charge on any atom is 0.410 e. The fraction of sp³-hybridized carbons (Fsp3) is 0.500. The summed E-state index contributed by atoms with van der Waals surface area (Å²) in [7, 11) is 0. The number of rotatable bonds is 4. The number of carbonyl (C=O) groups is 2. The highest BCUT2D eigenvalue weighted by atomic mass is 16.6. The molecule has 5 nitrogen and oxygen atoms in total. The van der Waals surface area contributed by atoms with Crippen LogP contribution in [0.25, 0.3) is 0 Å². The molecule has 0 N–H and O–H groups in total. The highest BCUT2D eigenvalue weighted by molar-refractivity contribution is 5.75. The lowest BCUT2D eigenvalue weighted by atomic mass is 9.98. The van der Waals surface area contributed by atoms with E-state index in [1.165, 1.54) is 0 Å². The van der Waals surface area contributed by atoms with Crippen molar-refractivity contribution in [3.05, 3.63) is 47.7 Å². The van der Waals surface area contributed by atoms with Gasteiger partial charge in [0.1, 0.15) is 12.4 Å². The van der Waals surface area contributed by atoms with Gasteiger partial charge >= 0.3 is 12.1 Å². The van der Waals surface area contributed by atoms with E-state index in [4.69, 9.17) is 9.47 Å². The van der Waals surface area contributed by atoms with Crippen LogP contribution in [0.15, 0.2) is 42.2 Å². The van der Waals surface area contributed by atoms with Crippen molar-refractivity contribution in [2.45, 2.75) is 45.1 Å². The Kier molecular flexibility index (Phi) is 6.09. The number of carbonyl (C=O) groups excluding carboxylic acids is 2. The zero-order valence-corrected chi connectivity index (χ0v) is 14.5. The van der Waals surface area contributed by atoms with Crippen LogP contribution < -0.4 is 0 Å². The Bertz CT molecular complexity index is 626. The first kappa shape index (κ1) is 17.5. The monoisotopic (exact) mass is 343 g/mol. The first-order chi connectivity index (χ1) is 12.2. The number of benzene rings is 1. The third kappa shape index (κ3) is 5.08. The average Bonchev–Trinajstić information content (AvgIpc) is 2.68. The number of amides is 1. The van der Waals surface area contributed by atoms with E-state index in [0.29, 0.717) is 13.1 Å². The van der Waals surface area contributed by atoms with Crippen molar-refractivity contribution >= 4 is 12.1 Å². The first-order valence-corrected chi connectivity index (χ1v) is 9.09. The van der Waals surface area contributed by atoms with Gasteiger partial charge in [-0.05, 0) is 43.7 Å². The fourth-order valence-corrected chi connectivity index (χ4v) is 3.26. The van der Waals surface area contributed by atoms with E-state index < -0.39 is 0 Å². The van der Waals surface area contributed by atoms with Gasteiger partial charge in [-0.2, -0.15) is 0 Å². The summed E-state index contributed by atoms with van der Waals surface area (Å²) < 4.78 is 10.9. The highest BCUT2D eigenvalue weighted by Crippen LogP contribution is 2.23. The third-order valence-corrected chi connectivity index (χ3v) is 4.70. The summed E-state index contributed by atoms with van der Waals surface area (Å²) in [5.41, 5.74) is 0.952. The Balaban J connectivity index is 1.49. The molecule has 3 rings (SSSR count). The zero-order chi connectivity index (χ0) is 17.5. The molecule has 1 aliphatic carbocycles. The van der Waals surface area contributed by atoms with E-state index in [2.05, 4.69) is 0 Å². The molecule has 1 unspecified atom stereocenters. The van der Waals surface area contributed by atoms with Crippen LogP contribution in [0.2, 0.25) is 0 Å². The predicted molar refractivity (Wildman–Crippen MR) is 93.6 cm³/mol. The van der Waals surface area contributed by atoms with E-state index in [1.54, 1.807) is 4.90 Å². The first-order valence-electron chi connectivity index (χ1n) is 9.09. The van der Waals surface area contributed by atoms with Crippen LogP contribution in [0.3, 0.4) is 0 Å². The van der Waals surface area contributed by atoms with Gasteiger partial charge in [0.15, 0.2) is 0 Å². The molecule has 1 heterocycles. The van der Waals surface area contributed by atoms with Crippen molar-refractivity contribution in [3.63, 3.8) is 0 Å². The van der Waals surface area contributed by atoms with Crippen molar-refractivity contribution in [2.24, 2.45) is 5.92 Å². The standard InChI is InChI=1S/C20H25NO4/c22-19(25-18-11-5-2-6-12-18)17-10-7-13-21(14-17)20(23)24-15-16-8-3-1-4-9-16/h1,3-4,8-9,11,17H,2,5-7,10,12-15H2. The lowest BCUT2D eigenvalue weighted by Crippen LogP contribution is -2.43. The lowest BCUT2D eigenvalue weighted by Gasteiger charge is -2.31. The number of piperidine rings is 1. The minimum absolute atomic E-state index is 0.214. The number of esters is 1. The Labute approximate surface area is 148 Å². The molecule has 0 spiro atoms. The summed E-state index contributed by atoms with van der Waals surface area (Å²) in [5.74, 6) is 0.314. The minimum atomic E-state index is -0.363. The number of ether oxygens (including phenoxy) is 2. The number of likely N-dealkylation sites (tertiary alicyclic amines) is 1. The van der Waals surface area contributed by atoms with E-state index in [1.807, 2.05) is 36.4 Å². The van der Waals surface area contributed by atoms with Gasteiger partial charge in [0.2, 0.25) is 0 Å². The van der Waals surface area contributed by atoms with Crippen LogP contribution in [0.5, 0.6) is 0 Å². The number of hydrogen-bond donors (Lipinski definition) is 0. The molecule has 1 fully saturated rings. The normalized spacial score (nSPS) is 20.6. The molecule has 0 radical (unpaired) electrons. The second kappa shape index (κ2) is 8.70. The molecule has 0 aromatic heterocycles. The molecule has 1 aromatic carbocycles. The molecular weight excluding hydrogens is 318 g/mol. The van der Waals surface area contributed by atoms with Crippen LogP contribution in [0.4, 0.5) is 4.79 Å². The van der Waals surface area contributed by atoms with Crippen LogP contribution in [-0.4, -0.2) is 30.1 Å². The molecule has 1 amide bonds. The molecule has 1 atom stereocenters. The Morgan fingerprint density at radius 3 is 2.72 bits per heavy atom. The molecule has 0 saturated carbocycles. The van der Waals surface area contributed by atoms with Crippen molar-refractivity contribution in [1.29, 1.82) is 0 Å². The molecule has 1 aromatic rings. The molecule has 25 heavy (non-hydrogen) atoms. The summed E-state index contributed by atoms with van der Waals surface area (Å²) in [4.78, 5) is 26.3. The molecule has 134 valence electrons. The summed E-state index contributed by atoms with van der Waals surface area (Å²) in [5, 5.41) is 0. The van der Waals surface area contributed by atoms with Gasteiger partial charge < -0.3 is 14.4 Å². The fourth-order valence-electron chi connectivity index (χ4n) is 3.26. The van der Waals surface area contributed by atoms with Crippen LogP contribution in [0, 0.1) is 5.92 Å². The maximum absolute atomic E-state index is 12.4. The predicted octanol–water partition coefficient (Wildman–Crippen LogP) is 4.04. The molecule has 1 aliphatic heterocycles. The third-order valence-electron chi connectivity index (χ3n) is 4.70. The Morgan fingerprint density at radius 1 is 1.12 bits per heavy atom. The lowest BCUT2D eigenvalue weighted by molar-refractivity contribution is -0.146. The van der Waals surface area contributed by atoms with E-state index in [9.17, 15) is 9.59 Å². The Morgan fingerprint density at radius 2 is 1.96 bits per heavy atom. The van der Waals surface area contributed by atoms with E-state index in [0.717, 1.165) is 49.8 Å². The molecule has 5 heteroatoms. The Hall–Kier alpha value is -2.30. The molecular formula is C20H25NO4. The summed E-state index contributed by atoms with van der Waals surface area (Å²) in [6, 6.07) is 9.59. The van der Waals surface area contributed by atoms with Gasteiger partial charge in [-0.3, -0.25) is 4.79 Å². The van der Waals surface area contributed by atoms with Gasteiger partial charge in [0.25, 0.3) is 0 Å². The van der Waals surface area contributed by atoms with Crippen molar-refractivity contribution in [2.75, 3.05) is 13.1 Å². The van der Waals surface area contributed by atoms with Gasteiger partial charge in [-0.1, -0.05) is 30.3 Å². The van der Waals surface area contributed by atoms with Crippen molar-refractivity contribution in [3.8, 4) is 0 Å². The molecule has 2 aliphatic rings. The van der Waals surface area contributed by atoms with Gasteiger partial charge in [0.05, 0.1) is 5.92 Å². The summed E-state index contributed by atoms with van der Waals surface area (Å²) in [6.07, 6.45) is 7.24. The highest BCUT2D eigenvalue weighted by Gasteiger charge is 2.31. The minimum Gasteiger partial charge on any atom is -0.445 e. The average molecular weight is 343 g/mol.